The quantitative estimate of drug-likeness (QED) is 0.652. The van der Waals surface area contributed by atoms with Gasteiger partial charge >= 0.3 is 6.03 Å². The van der Waals surface area contributed by atoms with Crippen LogP contribution in [0.15, 0.2) is 0 Å². The lowest BCUT2D eigenvalue weighted by atomic mass is 10.0. The van der Waals surface area contributed by atoms with E-state index in [-0.39, 0.29) is 5.91 Å². The molecule has 0 radical (unpaired) electrons. The fourth-order valence-electron chi connectivity index (χ4n) is 1.80. The molecule has 1 aliphatic heterocycles. The highest BCUT2D eigenvalue weighted by molar-refractivity contribution is 6.20. The highest BCUT2D eigenvalue weighted by Gasteiger charge is 2.61. The van der Waals surface area contributed by atoms with E-state index in [4.69, 9.17) is 0 Å². The second kappa shape index (κ2) is 3.55. The monoisotopic (exact) mass is 225 g/mol. The largest absolute Gasteiger partial charge is 0.330 e. The summed E-state index contributed by atoms with van der Waals surface area (Å²) in [5, 5.41) is 2.24. The van der Waals surface area contributed by atoms with Crippen molar-refractivity contribution in [1.82, 2.24) is 15.1 Å². The molecule has 0 bridgehead atoms. The summed E-state index contributed by atoms with van der Waals surface area (Å²) in [5.74, 6) is -0.758. The van der Waals surface area contributed by atoms with Gasteiger partial charge in [-0.1, -0.05) is 0 Å². The molecule has 0 aromatic rings. The molecule has 1 spiro atoms. The van der Waals surface area contributed by atoms with E-state index in [9.17, 15) is 14.4 Å². The molecule has 1 saturated heterocycles. The van der Waals surface area contributed by atoms with E-state index >= 15 is 0 Å². The number of hydrogen-bond donors (Lipinski definition) is 1. The Labute approximate surface area is 93.6 Å². The number of amides is 4. The van der Waals surface area contributed by atoms with Gasteiger partial charge in [-0.2, -0.15) is 0 Å². The highest BCUT2D eigenvalue weighted by Crippen LogP contribution is 2.48. The summed E-state index contributed by atoms with van der Waals surface area (Å²) in [5.41, 5.74) is -0.916. The van der Waals surface area contributed by atoms with Gasteiger partial charge in [-0.25, -0.2) is 4.79 Å². The molecular weight excluding hydrogens is 210 g/mol. The van der Waals surface area contributed by atoms with E-state index < -0.39 is 17.4 Å². The zero-order valence-electron chi connectivity index (χ0n) is 9.45. The molecule has 1 saturated carbocycles. The molecule has 2 aliphatic rings. The molecule has 1 heterocycles. The minimum atomic E-state index is -0.916. The first-order valence-electron chi connectivity index (χ1n) is 5.29. The summed E-state index contributed by atoms with van der Waals surface area (Å²) in [7, 11) is 3.73. The van der Waals surface area contributed by atoms with Gasteiger partial charge in [0.05, 0.1) is 0 Å². The second-order valence-corrected chi connectivity index (χ2v) is 4.60. The SMILES string of the molecule is CN(C)CCN1C(=O)NC(=O)C2(CC2)C1=O. The first-order chi connectivity index (χ1) is 7.47. The van der Waals surface area contributed by atoms with Gasteiger partial charge in [0, 0.05) is 13.1 Å². The van der Waals surface area contributed by atoms with Crippen molar-refractivity contribution in [3.8, 4) is 0 Å². The minimum absolute atomic E-state index is 0.326. The van der Waals surface area contributed by atoms with Gasteiger partial charge in [0.2, 0.25) is 11.8 Å². The Morgan fingerprint density at radius 1 is 1.31 bits per heavy atom. The fraction of sp³-hybridized carbons (Fsp3) is 0.700. The van der Waals surface area contributed by atoms with Crippen LogP contribution in [0.4, 0.5) is 4.79 Å². The minimum Gasteiger partial charge on any atom is -0.308 e. The van der Waals surface area contributed by atoms with Crippen LogP contribution in [-0.2, 0) is 9.59 Å². The topological polar surface area (TPSA) is 69.7 Å². The first kappa shape index (κ1) is 11.1. The Morgan fingerprint density at radius 2 is 1.94 bits per heavy atom. The number of nitrogens with one attached hydrogen (secondary N) is 1. The van der Waals surface area contributed by atoms with Crippen LogP contribution in [0, 0.1) is 5.41 Å². The lowest BCUT2D eigenvalue weighted by molar-refractivity contribution is -0.144. The molecule has 6 heteroatoms. The molecular formula is C10H15N3O3. The molecule has 0 atom stereocenters. The molecule has 0 unspecified atom stereocenters. The maximum Gasteiger partial charge on any atom is 0.330 e. The van der Waals surface area contributed by atoms with E-state index in [1.165, 1.54) is 0 Å². The molecule has 6 nitrogen and oxygen atoms in total. The predicted molar refractivity (Wildman–Crippen MR) is 55.5 cm³/mol. The van der Waals surface area contributed by atoms with Crippen molar-refractivity contribution in [2.45, 2.75) is 12.8 Å². The Hall–Kier alpha value is -1.43. The third-order valence-corrected chi connectivity index (χ3v) is 3.08. The van der Waals surface area contributed by atoms with Gasteiger partial charge in [0.15, 0.2) is 0 Å². The number of hydrogen-bond acceptors (Lipinski definition) is 4. The number of imide groups is 2. The second-order valence-electron chi connectivity index (χ2n) is 4.60. The summed E-state index contributed by atoms with van der Waals surface area (Å²) in [6.45, 7) is 0.927. The van der Waals surface area contributed by atoms with E-state index in [2.05, 4.69) is 5.32 Å². The van der Waals surface area contributed by atoms with E-state index in [1.807, 2.05) is 19.0 Å². The number of rotatable bonds is 3. The van der Waals surface area contributed by atoms with Crippen LogP contribution >= 0.6 is 0 Å². The van der Waals surface area contributed by atoms with Crippen LogP contribution in [0.1, 0.15) is 12.8 Å². The van der Waals surface area contributed by atoms with E-state index in [1.54, 1.807) is 0 Å². The molecule has 2 fully saturated rings. The van der Waals surface area contributed by atoms with Gasteiger partial charge < -0.3 is 4.90 Å². The molecule has 16 heavy (non-hydrogen) atoms. The number of urea groups is 1. The van der Waals surface area contributed by atoms with Crippen LogP contribution in [0.3, 0.4) is 0 Å². The van der Waals surface area contributed by atoms with Crippen molar-refractivity contribution in [3.63, 3.8) is 0 Å². The summed E-state index contributed by atoms with van der Waals surface area (Å²) in [6, 6.07) is -0.589. The average molecular weight is 225 g/mol. The molecule has 2 rings (SSSR count). The number of nitrogens with zero attached hydrogens (tertiary/aromatic N) is 2. The smallest absolute Gasteiger partial charge is 0.308 e. The van der Waals surface area contributed by atoms with Crippen molar-refractivity contribution in [1.29, 1.82) is 0 Å². The van der Waals surface area contributed by atoms with Crippen molar-refractivity contribution in [3.05, 3.63) is 0 Å². The molecule has 0 aromatic carbocycles. The van der Waals surface area contributed by atoms with Gasteiger partial charge in [-0.05, 0) is 26.9 Å². The van der Waals surface area contributed by atoms with Crippen LogP contribution < -0.4 is 5.32 Å². The maximum absolute atomic E-state index is 12.0. The van der Waals surface area contributed by atoms with Crippen molar-refractivity contribution in [2.24, 2.45) is 5.41 Å². The predicted octanol–water partition coefficient (Wildman–Crippen LogP) is -0.593. The van der Waals surface area contributed by atoms with Crippen molar-refractivity contribution >= 4 is 17.8 Å². The number of likely N-dealkylation sites (N-methyl/N-ethyl adjacent to an activating group) is 1. The van der Waals surface area contributed by atoms with Crippen LogP contribution in [-0.4, -0.2) is 54.8 Å². The zero-order valence-corrected chi connectivity index (χ0v) is 9.45. The van der Waals surface area contributed by atoms with Crippen LogP contribution in [0.25, 0.3) is 0 Å². The summed E-state index contributed by atoms with van der Waals surface area (Å²) in [4.78, 5) is 38.0. The summed E-state index contributed by atoms with van der Waals surface area (Å²) >= 11 is 0. The molecule has 88 valence electrons. The first-order valence-corrected chi connectivity index (χ1v) is 5.29. The lowest BCUT2D eigenvalue weighted by Crippen LogP contribution is -2.60. The Balaban J connectivity index is 2.09. The number of carbonyl (C=O) groups excluding carboxylic acids is 3. The van der Waals surface area contributed by atoms with Crippen molar-refractivity contribution < 1.29 is 14.4 Å². The third kappa shape index (κ3) is 1.59. The molecule has 1 N–H and O–H groups in total. The van der Waals surface area contributed by atoms with Crippen molar-refractivity contribution in [2.75, 3.05) is 27.2 Å². The number of barbiturate groups is 1. The third-order valence-electron chi connectivity index (χ3n) is 3.08. The van der Waals surface area contributed by atoms with Gasteiger partial charge in [0.25, 0.3) is 0 Å². The van der Waals surface area contributed by atoms with E-state index in [0.29, 0.717) is 25.9 Å². The molecule has 0 aromatic heterocycles. The zero-order chi connectivity index (χ0) is 11.9. The highest BCUT2D eigenvalue weighted by atomic mass is 16.2. The van der Waals surface area contributed by atoms with Gasteiger partial charge in [-0.3, -0.25) is 19.8 Å². The number of carbonyl (C=O) groups is 3. The summed E-state index contributed by atoms with van der Waals surface area (Å²) in [6.07, 6.45) is 1.12. The standard InChI is InChI=1S/C10H15N3O3/c1-12(2)5-6-13-8(15)10(3-4-10)7(14)11-9(13)16/h3-6H2,1-2H3,(H,11,14,16). The lowest BCUT2D eigenvalue weighted by Gasteiger charge is -2.30. The Morgan fingerprint density at radius 3 is 2.44 bits per heavy atom. The maximum atomic E-state index is 12.0. The normalized spacial score (nSPS) is 22.9. The van der Waals surface area contributed by atoms with Gasteiger partial charge in [0.1, 0.15) is 5.41 Å². The average Bonchev–Trinajstić information content (AvgIpc) is 2.95. The molecule has 1 aliphatic carbocycles. The van der Waals surface area contributed by atoms with Crippen LogP contribution in [0.2, 0.25) is 0 Å². The molecule has 4 amide bonds. The van der Waals surface area contributed by atoms with Gasteiger partial charge in [-0.15, -0.1) is 0 Å². The van der Waals surface area contributed by atoms with Crippen LogP contribution in [0.5, 0.6) is 0 Å². The Kier molecular flexibility index (Phi) is 2.46. The summed E-state index contributed by atoms with van der Waals surface area (Å²) < 4.78 is 0. The fourth-order valence-corrected chi connectivity index (χ4v) is 1.80. The Bertz CT molecular complexity index is 360. The van der Waals surface area contributed by atoms with E-state index in [0.717, 1.165) is 4.90 Å².